The molecule has 1 aromatic rings. The van der Waals surface area contributed by atoms with E-state index in [-0.39, 0.29) is 0 Å². The molecule has 0 aromatic carbocycles. The quantitative estimate of drug-likeness (QED) is 0.861. The zero-order valence-corrected chi connectivity index (χ0v) is 12.2. The summed E-state index contributed by atoms with van der Waals surface area (Å²) in [6, 6.07) is 4.12. The Morgan fingerprint density at radius 1 is 1.37 bits per heavy atom. The van der Waals surface area contributed by atoms with E-state index < -0.39 is 0 Å². The smallest absolute Gasteiger partial charge is 0.0813 e. The van der Waals surface area contributed by atoms with Gasteiger partial charge >= 0.3 is 0 Å². The van der Waals surface area contributed by atoms with E-state index in [1.165, 1.54) is 11.3 Å². The average molecular weight is 279 g/mol. The van der Waals surface area contributed by atoms with Crippen LogP contribution in [0.1, 0.15) is 35.4 Å². The monoisotopic (exact) mass is 279 g/mol. The third-order valence-electron chi connectivity index (χ3n) is 3.35. The van der Waals surface area contributed by atoms with Gasteiger partial charge in [0, 0.05) is 12.0 Å². The first-order chi connectivity index (χ1) is 9.31. The van der Waals surface area contributed by atoms with Gasteiger partial charge in [0.1, 0.15) is 0 Å². The summed E-state index contributed by atoms with van der Waals surface area (Å²) in [7, 11) is 1.79. The van der Waals surface area contributed by atoms with Crippen molar-refractivity contribution in [2.24, 2.45) is 5.73 Å². The second kappa shape index (κ2) is 7.66. The van der Waals surface area contributed by atoms with Crippen LogP contribution >= 0.6 is 11.3 Å². The van der Waals surface area contributed by atoms with E-state index in [0.717, 1.165) is 24.1 Å². The van der Waals surface area contributed by atoms with Gasteiger partial charge in [-0.1, -0.05) is 11.8 Å². The first kappa shape index (κ1) is 14.5. The molecule has 0 radical (unpaired) electrons. The lowest BCUT2D eigenvalue weighted by atomic mass is 9.95. The Morgan fingerprint density at radius 3 is 3.00 bits per heavy atom. The lowest BCUT2D eigenvalue weighted by Gasteiger charge is -2.28. The highest BCUT2D eigenvalue weighted by Crippen LogP contribution is 2.25. The summed E-state index contributed by atoms with van der Waals surface area (Å²) >= 11 is 1.68. The van der Waals surface area contributed by atoms with Crippen LogP contribution in [0.3, 0.4) is 0 Å². The molecular weight excluding hydrogens is 258 g/mol. The van der Waals surface area contributed by atoms with Crippen molar-refractivity contribution in [3.63, 3.8) is 0 Å². The summed E-state index contributed by atoms with van der Waals surface area (Å²) in [4.78, 5) is 2.28. The van der Waals surface area contributed by atoms with Crippen molar-refractivity contribution in [2.75, 3.05) is 13.7 Å². The van der Waals surface area contributed by atoms with E-state index in [1.54, 1.807) is 18.4 Å². The third-order valence-corrected chi connectivity index (χ3v) is 4.32. The molecule has 0 amide bonds. The minimum Gasteiger partial charge on any atom is -0.381 e. The highest BCUT2D eigenvalue weighted by atomic mass is 32.1. The summed E-state index contributed by atoms with van der Waals surface area (Å²) in [5.41, 5.74) is 5.36. The SMILES string of the molecule is COC1CCCC(OCc2ccc(C#CCN)s2)C1. The van der Waals surface area contributed by atoms with Gasteiger partial charge in [0.15, 0.2) is 0 Å². The van der Waals surface area contributed by atoms with Crippen LogP contribution in [-0.2, 0) is 16.1 Å². The Hall–Kier alpha value is -0.860. The molecule has 0 bridgehead atoms. The van der Waals surface area contributed by atoms with Gasteiger partial charge in [0.05, 0.1) is 30.2 Å². The molecule has 4 heteroatoms. The van der Waals surface area contributed by atoms with Gasteiger partial charge in [-0.2, -0.15) is 0 Å². The van der Waals surface area contributed by atoms with Crippen molar-refractivity contribution < 1.29 is 9.47 Å². The van der Waals surface area contributed by atoms with Gasteiger partial charge in [0.25, 0.3) is 0 Å². The topological polar surface area (TPSA) is 44.5 Å². The summed E-state index contributed by atoms with van der Waals surface area (Å²) in [5.74, 6) is 5.91. The second-order valence-electron chi connectivity index (χ2n) is 4.73. The molecule has 19 heavy (non-hydrogen) atoms. The number of methoxy groups -OCH3 is 1. The maximum absolute atomic E-state index is 5.98. The van der Waals surface area contributed by atoms with Crippen LogP contribution in [-0.4, -0.2) is 25.9 Å². The van der Waals surface area contributed by atoms with E-state index in [4.69, 9.17) is 15.2 Å². The molecule has 2 atom stereocenters. The second-order valence-corrected chi connectivity index (χ2v) is 5.90. The first-order valence-corrected chi connectivity index (χ1v) is 7.55. The van der Waals surface area contributed by atoms with Crippen LogP contribution in [0.25, 0.3) is 0 Å². The highest BCUT2D eigenvalue weighted by Gasteiger charge is 2.22. The summed E-state index contributed by atoms with van der Waals surface area (Å²) in [6.07, 6.45) is 5.22. The maximum Gasteiger partial charge on any atom is 0.0813 e. The Labute approximate surface area is 119 Å². The normalized spacial score (nSPS) is 22.8. The molecule has 2 rings (SSSR count). The third kappa shape index (κ3) is 4.63. The number of rotatable bonds is 4. The summed E-state index contributed by atoms with van der Waals surface area (Å²) < 4.78 is 11.4. The Balaban J connectivity index is 1.80. The molecule has 0 saturated heterocycles. The number of hydrogen-bond donors (Lipinski definition) is 1. The van der Waals surface area contributed by atoms with Crippen LogP contribution in [0.5, 0.6) is 0 Å². The molecule has 1 saturated carbocycles. The summed E-state index contributed by atoms with van der Waals surface area (Å²) in [5, 5.41) is 0. The van der Waals surface area contributed by atoms with Gasteiger partial charge in [0.2, 0.25) is 0 Å². The van der Waals surface area contributed by atoms with Gasteiger partial charge < -0.3 is 15.2 Å². The largest absolute Gasteiger partial charge is 0.381 e. The number of nitrogens with two attached hydrogens (primary N) is 1. The van der Waals surface area contributed by atoms with E-state index >= 15 is 0 Å². The molecule has 2 unspecified atom stereocenters. The van der Waals surface area contributed by atoms with Crippen LogP contribution in [0.4, 0.5) is 0 Å². The minimum atomic E-state index is 0.333. The van der Waals surface area contributed by atoms with E-state index in [9.17, 15) is 0 Å². The minimum absolute atomic E-state index is 0.333. The molecule has 1 aliphatic carbocycles. The number of hydrogen-bond acceptors (Lipinski definition) is 4. The van der Waals surface area contributed by atoms with E-state index in [1.807, 2.05) is 6.07 Å². The van der Waals surface area contributed by atoms with Crippen LogP contribution in [0.15, 0.2) is 12.1 Å². The predicted octanol–water partition coefficient (Wildman–Crippen LogP) is 2.53. The predicted molar refractivity (Wildman–Crippen MR) is 78.1 cm³/mol. The van der Waals surface area contributed by atoms with Gasteiger partial charge in [-0.05, 0) is 37.8 Å². The van der Waals surface area contributed by atoms with Crippen molar-refractivity contribution in [3.8, 4) is 11.8 Å². The Bertz CT molecular complexity index is 446. The zero-order valence-electron chi connectivity index (χ0n) is 11.4. The molecule has 1 aliphatic rings. The first-order valence-electron chi connectivity index (χ1n) is 6.74. The standard InChI is InChI=1S/C15H21NO2S/c1-17-12-4-2-5-13(10-12)18-11-15-8-7-14(19-15)6-3-9-16/h7-8,12-13H,2,4-5,9-11,16H2,1H3. The number of ether oxygens (including phenoxy) is 2. The lowest BCUT2D eigenvalue weighted by molar-refractivity contribution is -0.0356. The van der Waals surface area contributed by atoms with Crippen molar-refractivity contribution >= 4 is 11.3 Å². The van der Waals surface area contributed by atoms with Crippen molar-refractivity contribution in [1.29, 1.82) is 0 Å². The van der Waals surface area contributed by atoms with Gasteiger partial charge in [-0.25, -0.2) is 0 Å². The van der Waals surface area contributed by atoms with Gasteiger partial charge in [-0.3, -0.25) is 0 Å². The number of thiophene rings is 1. The average Bonchev–Trinajstić information content (AvgIpc) is 2.91. The maximum atomic E-state index is 5.98. The Morgan fingerprint density at radius 2 is 2.21 bits per heavy atom. The molecule has 2 N–H and O–H groups in total. The fourth-order valence-corrected chi connectivity index (χ4v) is 3.13. The van der Waals surface area contributed by atoms with Crippen LogP contribution in [0.2, 0.25) is 0 Å². The van der Waals surface area contributed by atoms with Gasteiger partial charge in [-0.15, -0.1) is 11.3 Å². The fourth-order valence-electron chi connectivity index (χ4n) is 2.33. The van der Waals surface area contributed by atoms with Crippen molar-refractivity contribution in [3.05, 3.63) is 21.9 Å². The Kier molecular flexibility index (Phi) is 5.87. The zero-order chi connectivity index (χ0) is 13.5. The van der Waals surface area contributed by atoms with E-state index in [0.29, 0.717) is 25.4 Å². The fraction of sp³-hybridized carbons (Fsp3) is 0.600. The van der Waals surface area contributed by atoms with E-state index in [2.05, 4.69) is 17.9 Å². The highest BCUT2D eigenvalue weighted by molar-refractivity contribution is 7.12. The van der Waals surface area contributed by atoms with Crippen LogP contribution < -0.4 is 5.73 Å². The lowest BCUT2D eigenvalue weighted by Crippen LogP contribution is -2.27. The van der Waals surface area contributed by atoms with Crippen molar-refractivity contribution in [1.82, 2.24) is 0 Å². The molecule has 3 nitrogen and oxygen atoms in total. The molecule has 1 heterocycles. The molecular formula is C15H21NO2S. The van der Waals surface area contributed by atoms with Crippen LogP contribution in [0, 0.1) is 11.8 Å². The molecule has 1 fully saturated rings. The van der Waals surface area contributed by atoms with Crippen molar-refractivity contribution in [2.45, 2.75) is 44.5 Å². The molecule has 0 spiro atoms. The molecule has 0 aliphatic heterocycles. The summed E-state index contributed by atoms with van der Waals surface area (Å²) in [6.45, 7) is 1.08. The molecule has 104 valence electrons. The molecule has 1 aromatic heterocycles.